The highest BCUT2D eigenvalue weighted by atomic mass is 15.2. The average Bonchev–Trinajstić information content (AvgIpc) is 3.68. The van der Waals surface area contributed by atoms with Crippen LogP contribution in [0.3, 0.4) is 0 Å². The van der Waals surface area contributed by atoms with Crippen molar-refractivity contribution in [2.75, 3.05) is 24.1 Å². The normalized spacial score (nSPS) is 13.1. The average molecular weight is 485 g/mol. The summed E-state index contributed by atoms with van der Waals surface area (Å²) >= 11 is 0. The summed E-state index contributed by atoms with van der Waals surface area (Å²) in [4.78, 5) is 20.9. The van der Waals surface area contributed by atoms with Crippen LogP contribution in [-0.4, -0.2) is 39.0 Å². The Balaban J connectivity index is 1.16. The monoisotopic (exact) mass is 484 g/mol. The molecule has 2 aromatic heterocycles. The third-order valence-corrected chi connectivity index (χ3v) is 6.58. The molecule has 6 N–H and O–H groups in total. The molecule has 37 heavy (non-hydrogen) atoms. The van der Waals surface area contributed by atoms with E-state index in [2.05, 4.69) is 74.1 Å². The van der Waals surface area contributed by atoms with Crippen LogP contribution in [0, 0.1) is 0 Å². The summed E-state index contributed by atoms with van der Waals surface area (Å²) in [5.74, 6) is 2.48. The van der Waals surface area contributed by atoms with E-state index in [1.165, 1.54) is 0 Å². The van der Waals surface area contributed by atoms with Gasteiger partial charge in [0.25, 0.3) is 0 Å². The summed E-state index contributed by atoms with van der Waals surface area (Å²) in [6, 6.07) is 28.5. The molecule has 0 fully saturated rings. The number of anilines is 2. The van der Waals surface area contributed by atoms with Crippen molar-refractivity contribution in [1.82, 2.24) is 25.3 Å². The fourth-order valence-corrected chi connectivity index (χ4v) is 4.61. The molecule has 6 aromatic rings. The molecular weight excluding hydrogens is 460 g/mol. The molecule has 0 atom stereocenters. The Morgan fingerprint density at radius 2 is 1.19 bits per heavy atom. The zero-order valence-corrected chi connectivity index (χ0v) is 19.9. The first-order valence-electron chi connectivity index (χ1n) is 12.2. The van der Waals surface area contributed by atoms with E-state index >= 15 is 0 Å². The van der Waals surface area contributed by atoms with Gasteiger partial charge in [-0.1, -0.05) is 12.1 Å². The first kappa shape index (κ1) is 21.2. The maximum atomic E-state index is 5.82. The van der Waals surface area contributed by atoms with Gasteiger partial charge in [0.15, 0.2) is 5.96 Å². The van der Waals surface area contributed by atoms with E-state index in [0.29, 0.717) is 0 Å². The van der Waals surface area contributed by atoms with Gasteiger partial charge in [-0.15, -0.1) is 0 Å². The number of nitrogens with one attached hydrogen (secondary N) is 4. The summed E-state index contributed by atoms with van der Waals surface area (Å²) < 4.78 is 0. The highest BCUT2D eigenvalue weighted by Crippen LogP contribution is 2.29. The topological polar surface area (TPSA) is 120 Å². The second-order valence-electron chi connectivity index (χ2n) is 9.12. The number of benzene rings is 4. The van der Waals surface area contributed by atoms with Gasteiger partial charge in [-0.2, -0.15) is 0 Å². The minimum Gasteiger partial charge on any atom is -0.399 e. The highest BCUT2D eigenvalue weighted by molar-refractivity contribution is 5.95. The molecule has 0 saturated carbocycles. The van der Waals surface area contributed by atoms with Gasteiger partial charge >= 0.3 is 0 Å². The number of hydrogen-bond acceptors (Lipinski definition) is 6. The molecule has 7 rings (SSSR count). The van der Waals surface area contributed by atoms with Crippen molar-refractivity contribution in [2.24, 2.45) is 4.99 Å². The molecule has 4 aromatic carbocycles. The van der Waals surface area contributed by atoms with Crippen LogP contribution >= 0.6 is 0 Å². The Morgan fingerprint density at radius 3 is 1.73 bits per heavy atom. The number of aromatic amines is 2. The van der Waals surface area contributed by atoms with Crippen molar-refractivity contribution in [1.29, 1.82) is 0 Å². The minimum atomic E-state index is 0.736. The number of guanidine groups is 1. The van der Waals surface area contributed by atoms with Crippen LogP contribution < -0.4 is 16.4 Å². The Labute approximate surface area is 212 Å². The first-order valence-corrected chi connectivity index (χ1v) is 12.2. The maximum absolute atomic E-state index is 5.82. The lowest BCUT2D eigenvalue weighted by atomic mass is 10.0. The Bertz CT molecular complexity index is 1780. The quantitative estimate of drug-likeness (QED) is 0.215. The van der Waals surface area contributed by atoms with Gasteiger partial charge in [-0.3, -0.25) is 4.99 Å². The van der Waals surface area contributed by atoms with Crippen molar-refractivity contribution in [3.05, 3.63) is 84.9 Å². The standard InChI is InChI=1S/C29H24N8/c30-21-7-1-17(2-8-21)27-34-23-11-5-19(15-25(23)36-27)20-6-12-24-26(16-20)37-28(35-24)18-3-9-22(10-4-18)33-29-31-13-14-32-29/h1-12,15-16H,13-14,30H2,(H,34,36)(H,35,37)(H2,31,32,33). The second kappa shape index (κ2) is 8.53. The molecular formula is C29H24N8. The lowest BCUT2D eigenvalue weighted by Gasteiger charge is -2.06. The van der Waals surface area contributed by atoms with E-state index in [1.54, 1.807) is 0 Å². The molecule has 1 aliphatic heterocycles. The summed E-state index contributed by atoms with van der Waals surface area (Å²) in [5, 5.41) is 6.51. The van der Waals surface area contributed by atoms with Crippen LogP contribution in [-0.2, 0) is 0 Å². The Hall–Kier alpha value is -5.11. The molecule has 8 nitrogen and oxygen atoms in total. The number of hydrogen-bond donors (Lipinski definition) is 5. The predicted octanol–water partition coefficient (Wildman–Crippen LogP) is 5.39. The Kier molecular flexibility index (Phi) is 4.88. The van der Waals surface area contributed by atoms with E-state index in [0.717, 1.165) is 86.4 Å². The van der Waals surface area contributed by atoms with Gasteiger partial charge in [-0.25, -0.2) is 9.97 Å². The number of nitrogens with zero attached hydrogens (tertiary/aromatic N) is 3. The number of fused-ring (bicyclic) bond motifs is 2. The molecule has 0 radical (unpaired) electrons. The van der Waals surface area contributed by atoms with Gasteiger partial charge in [0, 0.05) is 29.0 Å². The number of rotatable bonds is 4. The van der Waals surface area contributed by atoms with E-state index in [4.69, 9.17) is 15.7 Å². The first-order chi connectivity index (χ1) is 18.2. The van der Waals surface area contributed by atoms with E-state index in [-0.39, 0.29) is 0 Å². The van der Waals surface area contributed by atoms with Gasteiger partial charge in [0.05, 0.1) is 28.6 Å². The molecule has 180 valence electrons. The number of aromatic nitrogens is 4. The van der Waals surface area contributed by atoms with Gasteiger partial charge < -0.3 is 26.3 Å². The number of nitrogen functional groups attached to an aromatic ring is 1. The largest absolute Gasteiger partial charge is 0.399 e. The minimum absolute atomic E-state index is 0.736. The molecule has 0 spiro atoms. The summed E-state index contributed by atoms with van der Waals surface area (Å²) in [6.07, 6.45) is 0. The van der Waals surface area contributed by atoms with Crippen molar-refractivity contribution >= 4 is 39.4 Å². The van der Waals surface area contributed by atoms with Crippen molar-refractivity contribution in [3.63, 3.8) is 0 Å². The molecule has 8 heteroatoms. The highest BCUT2D eigenvalue weighted by Gasteiger charge is 2.11. The van der Waals surface area contributed by atoms with Gasteiger partial charge in [0.2, 0.25) is 0 Å². The fourth-order valence-electron chi connectivity index (χ4n) is 4.61. The van der Waals surface area contributed by atoms with E-state index in [1.807, 2.05) is 36.4 Å². The summed E-state index contributed by atoms with van der Waals surface area (Å²) in [7, 11) is 0. The molecule has 3 heterocycles. The smallest absolute Gasteiger partial charge is 0.195 e. The third kappa shape index (κ3) is 4.04. The molecule has 0 bridgehead atoms. The Morgan fingerprint density at radius 1 is 0.649 bits per heavy atom. The molecule has 0 unspecified atom stereocenters. The second-order valence-corrected chi connectivity index (χ2v) is 9.12. The summed E-state index contributed by atoms with van der Waals surface area (Å²) in [5.41, 5.74) is 15.6. The van der Waals surface area contributed by atoms with Crippen LogP contribution in [0.25, 0.3) is 56.0 Å². The maximum Gasteiger partial charge on any atom is 0.195 e. The number of aliphatic imine (C=N–C) groups is 1. The number of H-pyrrole nitrogens is 2. The zero-order valence-electron chi connectivity index (χ0n) is 19.9. The SMILES string of the molecule is Nc1ccc(-c2nc3cc(-c4ccc5[nH]c(-c6ccc(NC7=NCCN7)cc6)nc5c4)ccc3[nH]2)cc1. The lowest BCUT2D eigenvalue weighted by Crippen LogP contribution is -2.26. The van der Waals surface area contributed by atoms with Crippen LogP contribution in [0.1, 0.15) is 0 Å². The third-order valence-electron chi connectivity index (χ3n) is 6.58. The van der Waals surface area contributed by atoms with Gasteiger partial charge in [-0.05, 0) is 83.9 Å². The van der Waals surface area contributed by atoms with Crippen LogP contribution in [0.4, 0.5) is 11.4 Å². The zero-order chi connectivity index (χ0) is 24.8. The van der Waals surface area contributed by atoms with Gasteiger partial charge in [0.1, 0.15) is 11.6 Å². The van der Waals surface area contributed by atoms with Crippen molar-refractivity contribution < 1.29 is 0 Å². The molecule has 0 amide bonds. The molecule has 0 saturated heterocycles. The van der Waals surface area contributed by atoms with E-state index in [9.17, 15) is 0 Å². The number of imidazole rings is 2. The lowest BCUT2D eigenvalue weighted by molar-refractivity contribution is 0.959. The predicted molar refractivity (Wildman–Crippen MR) is 150 cm³/mol. The van der Waals surface area contributed by atoms with Crippen molar-refractivity contribution in [2.45, 2.75) is 0 Å². The molecule has 1 aliphatic rings. The van der Waals surface area contributed by atoms with Crippen LogP contribution in [0.2, 0.25) is 0 Å². The van der Waals surface area contributed by atoms with Crippen LogP contribution in [0.5, 0.6) is 0 Å². The van der Waals surface area contributed by atoms with E-state index < -0.39 is 0 Å². The fraction of sp³-hybridized carbons (Fsp3) is 0.0690. The van der Waals surface area contributed by atoms with Crippen molar-refractivity contribution in [3.8, 4) is 33.9 Å². The molecule has 0 aliphatic carbocycles. The number of nitrogens with two attached hydrogens (primary N) is 1. The van der Waals surface area contributed by atoms with Crippen LogP contribution in [0.15, 0.2) is 89.9 Å². The summed E-state index contributed by atoms with van der Waals surface area (Å²) in [6.45, 7) is 1.68.